The van der Waals surface area contributed by atoms with Crippen LogP contribution in [0.25, 0.3) is 16.7 Å². The molecule has 0 aliphatic rings. The number of carbonyl (C=O) groups is 2. The molecule has 10 heteroatoms. The number of carboxylic acid groups (broad SMARTS) is 1. The molecule has 1 heterocycles. The average molecular weight is 436 g/mol. The van der Waals surface area contributed by atoms with Crippen LogP contribution < -0.4 is 16.1 Å². The fourth-order valence-electron chi connectivity index (χ4n) is 2.38. The molecule has 0 saturated carbocycles. The molecular formula is C17H10BrNO8. The quantitative estimate of drug-likeness (QED) is 0.491. The van der Waals surface area contributed by atoms with Gasteiger partial charge in [-0.1, -0.05) is 22.0 Å². The van der Waals surface area contributed by atoms with Crippen LogP contribution >= 0.6 is 15.9 Å². The summed E-state index contributed by atoms with van der Waals surface area (Å²) in [6, 6.07) is 7.97. The number of hydrogen-bond acceptors (Lipinski definition) is 7. The highest BCUT2D eigenvalue weighted by molar-refractivity contribution is 9.10. The zero-order valence-electron chi connectivity index (χ0n) is 13.6. The molecule has 1 aromatic heterocycles. The van der Waals surface area contributed by atoms with Crippen molar-refractivity contribution in [2.24, 2.45) is 0 Å². The van der Waals surface area contributed by atoms with Crippen LogP contribution in [0.4, 0.5) is 4.79 Å². The molecule has 0 aliphatic heterocycles. The van der Waals surface area contributed by atoms with Gasteiger partial charge >= 0.3 is 17.9 Å². The Morgan fingerprint density at radius 2 is 1.93 bits per heavy atom. The molecule has 0 saturated heterocycles. The highest BCUT2D eigenvalue weighted by Crippen LogP contribution is 2.28. The number of ether oxygens (including phenoxy) is 2. The van der Waals surface area contributed by atoms with Gasteiger partial charge in [0.1, 0.15) is 0 Å². The van der Waals surface area contributed by atoms with Crippen LogP contribution in [0, 0.1) is 0 Å². The SMILES string of the molecule is COC(=O)Oc1cc(Br)cc2c(=O)n(-c3cccc(C(=O)O)c3)c(=O)oc12. The van der Waals surface area contributed by atoms with E-state index in [1.165, 1.54) is 30.3 Å². The van der Waals surface area contributed by atoms with E-state index < -0.39 is 23.4 Å². The van der Waals surface area contributed by atoms with Gasteiger partial charge in [-0.3, -0.25) is 4.79 Å². The number of methoxy groups -OCH3 is 1. The number of carbonyl (C=O) groups excluding carboxylic acids is 1. The Morgan fingerprint density at radius 1 is 1.19 bits per heavy atom. The minimum absolute atomic E-state index is 0.0194. The van der Waals surface area contributed by atoms with Gasteiger partial charge < -0.3 is 19.0 Å². The highest BCUT2D eigenvalue weighted by atomic mass is 79.9. The first-order valence-corrected chi connectivity index (χ1v) is 8.10. The van der Waals surface area contributed by atoms with E-state index in [0.717, 1.165) is 13.2 Å². The third-order valence-corrected chi connectivity index (χ3v) is 3.99. The van der Waals surface area contributed by atoms with Gasteiger partial charge in [0.2, 0.25) is 0 Å². The molecule has 9 nitrogen and oxygen atoms in total. The zero-order valence-corrected chi connectivity index (χ0v) is 15.2. The molecule has 27 heavy (non-hydrogen) atoms. The van der Waals surface area contributed by atoms with Crippen molar-refractivity contribution >= 4 is 39.0 Å². The predicted molar refractivity (Wildman–Crippen MR) is 95.8 cm³/mol. The molecule has 1 N–H and O–H groups in total. The van der Waals surface area contributed by atoms with Gasteiger partial charge in [-0.05, 0) is 30.3 Å². The summed E-state index contributed by atoms with van der Waals surface area (Å²) >= 11 is 3.18. The first kappa shape index (κ1) is 18.4. The third kappa shape index (κ3) is 3.47. The number of halogens is 1. The van der Waals surface area contributed by atoms with E-state index in [0.29, 0.717) is 9.04 Å². The highest BCUT2D eigenvalue weighted by Gasteiger charge is 2.19. The number of fused-ring (bicyclic) bond motifs is 1. The number of carboxylic acids is 1. The third-order valence-electron chi connectivity index (χ3n) is 3.54. The Hall–Kier alpha value is -3.40. The van der Waals surface area contributed by atoms with Gasteiger partial charge in [0.25, 0.3) is 5.56 Å². The average Bonchev–Trinajstić information content (AvgIpc) is 2.63. The van der Waals surface area contributed by atoms with Gasteiger partial charge in [-0.15, -0.1) is 0 Å². The van der Waals surface area contributed by atoms with E-state index in [1.807, 2.05) is 0 Å². The van der Waals surface area contributed by atoms with Gasteiger partial charge in [0, 0.05) is 4.47 Å². The molecule has 0 amide bonds. The molecule has 0 radical (unpaired) electrons. The minimum atomic E-state index is -1.22. The second kappa shape index (κ2) is 7.08. The Balaban J connectivity index is 2.31. The van der Waals surface area contributed by atoms with E-state index in [4.69, 9.17) is 14.3 Å². The monoisotopic (exact) mass is 435 g/mol. The van der Waals surface area contributed by atoms with E-state index in [2.05, 4.69) is 20.7 Å². The molecule has 3 aromatic rings. The van der Waals surface area contributed by atoms with Crippen LogP contribution in [0.3, 0.4) is 0 Å². The van der Waals surface area contributed by atoms with Crippen LogP contribution in [0.15, 0.2) is 54.9 Å². The topological polar surface area (TPSA) is 125 Å². The molecule has 0 bridgehead atoms. The van der Waals surface area contributed by atoms with E-state index in [1.54, 1.807) is 0 Å². The van der Waals surface area contributed by atoms with Crippen LogP contribution in [0.1, 0.15) is 10.4 Å². The fraction of sp³-hybridized carbons (Fsp3) is 0.0588. The van der Waals surface area contributed by atoms with E-state index >= 15 is 0 Å². The lowest BCUT2D eigenvalue weighted by Crippen LogP contribution is -2.31. The molecule has 0 fully saturated rings. The zero-order chi connectivity index (χ0) is 19.7. The molecule has 3 rings (SSSR count). The van der Waals surface area contributed by atoms with Crippen LogP contribution in [0.5, 0.6) is 5.75 Å². The Kier molecular flexibility index (Phi) is 4.82. The number of nitrogens with zero attached hydrogens (tertiary/aromatic N) is 1. The lowest BCUT2D eigenvalue weighted by Gasteiger charge is -2.09. The Morgan fingerprint density at radius 3 is 2.59 bits per heavy atom. The fourth-order valence-corrected chi connectivity index (χ4v) is 2.81. The summed E-state index contributed by atoms with van der Waals surface area (Å²) < 4.78 is 15.5. The van der Waals surface area contributed by atoms with Gasteiger partial charge in [0.15, 0.2) is 11.3 Å². The summed E-state index contributed by atoms with van der Waals surface area (Å²) in [7, 11) is 1.10. The van der Waals surface area contributed by atoms with Crippen molar-refractivity contribution in [1.82, 2.24) is 4.57 Å². The van der Waals surface area contributed by atoms with Crippen molar-refractivity contribution in [3.05, 3.63) is 67.3 Å². The molecule has 0 spiro atoms. The Bertz CT molecular complexity index is 1190. The van der Waals surface area contributed by atoms with Crippen molar-refractivity contribution in [2.75, 3.05) is 7.11 Å². The molecule has 0 aliphatic carbocycles. The van der Waals surface area contributed by atoms with Crippen molar-refractivity contribution in [1.29, 1.82) is 0 Å². The predicted octanol–water partition coefficient (Wildman–Crippen LogP) is 2.55. The van der Waals surface area contributed by atoms with Crippen molar-refractivity contribution in [3.63, 3.8) is 0 Å². The Labute approximate surface area is 158 Å². The summed E-state index contributed by atoms with van der Waals surface area (Å²) in [5.41, 5.74) is -1.11. The standard InChI is InChI=1S/C17H10BrNO8/c1-25-17(24)26-12-7-9(18)6-11-13(12)27-16(23)19(14(11)20)10-4-2-3-8(5-10)15(21)22/h2-7H,1H3,(H,21,22). The van der Waals surface area contributed by atoms with E-state index in [-0.39, 0.29) is 28.0 Å². The minimum Gasteiger partial charge on any atom is -0.478 e. The number of aromatic carboxylic acids is 1. The number of aromatic nitrogens is 1. The smallest absolute Gasteiger partial charge is 0.478 e. The maximum absolute atomic E-state index is 12.9. The maximum atomic E-state index is 12.9. The summed E-state index contributed by atoms with van der Waals surface area (Å²) in [6.45, 7) is 0. The van der Waals surface area contributed by atoms with Crippen LogP contribution in [0.2, 0.25) is 0 Å². The molecule has 0 unspecified atom stereocenters. The molecular weight excluding hydrogens is 426 g/mol. The molecule has 0 atom stereocenters. The number of hydrogen-bond donors (Lipinski definition) is 1. The summed E-state index contributed by atoms with van der Waals surface area (Å²) in [4.78, 5) is 47.8. The lowest BCUT2D eigenvalue weighted by atomic mass is 10.2. The number of benzene rings is 2. The van der Waals surface area contributed by atoms with Crippen molar-refractivity contribution in [2.45, 2.75) is 0 Å². The first-order chi connectivity index (χ1) is 12.8. The van der Waals surface area contributed by atoms with Crippen molar-refractivity contribution in [3.8, 4) is 11.4 Å². The maximum Gasteiger partial charge on any atom is 0.513 e. The van der Waals surface area contributed by atoms with Crippen LogP contribution in [-0.2, 0) is 4.74 Å². The summed E-state index contributed by atoms with van der Waals surface area (Å²) in [5, 5.41) is 9.03. The molecule has 138 valence electrons. The summed E-state index contributed by atoms with van der Waals surface area (Å²) in [5.74, 6) is -2.48. The summed E-state index contributed by atoms with van der Waals surface area (Å²) in [6.07, 6.45) is -1.06. The van der Waals surface area contributed by atoms with Crippen molar-refractivity contribution < 1.29 is 28.6 Å². The number of rotatable bonds is 3. The second-order valence-corrected chi connectivity index (χ2v) is 6.12. The normalized spacial score (nSPS) is 10.6. The van der Waals surface area contributed by atoms with Gasteiger partial charge in [-0.25, -0.2) is 19.0 Å². The van der Waals surface area contributed by atoms with Gasteiger partial charge in [-0.2, -0.15) is 0 Å². The van der Waals surface area contributed by atoms with E-state index in [9.17, 15) is 19.2 Å². The largest absolute Gasteiger partial charge is 0.513 e. The lowest BCUT2D eigenvalue weighted by molar-refractivity contribution is 0.0696. The van der Waals surface area contributed by atoms with Gasteiger partial charge in [0.05, 0.1) is 23.7 Å². The molecule has 2 aromatic carbocycles. The van der Waals surface area contributed by atoms with Crippen LogP contribution in [-0.4, -0.2) is 28.9 Å². The first-order valence-electron chi connectivity index (χ1n) is 7.30. The second-order valence-electron chi connectivity index (χ2n) is 5.20.